The molecule has 0 fully saturated rings. The number of nitrogens with zero attached hydrogens (tertiary/aromatic N) is 5. The standard InChI is InChI=1S/C12H12N6O5/c1-23-10-3-9(18(21)22)2-8(12(10)20)4-14-16-11(19)5-17-7-13-6-15-17/h2-4,6-7,20H,5H2,1H3,(H,16,19)/b14-4-. The maximum Gasteiger partial charge on any atom is 0.274 e. The summed E-state index contributed by atoms with van der Waals surface area (Å²) in [5.74, 6) is -0.884. The summed E-state index contributed by atoms with van der Waals surface area (Å²) < 4.78 is 6.14. The third-order valence-corrected chi connectivity index (χ3v) is 2.68. The summed E-state index contributed by atoms with van der Waals surface area (Å²) in [6, 6.07) is 2.18. The lowest BCUT2D eigenvalue weighted by Gasteiger charge is -2.06. The molecule has 11 heteroatoms. The molecule has 0 spiro atoms. The number of methoxy groups -OCH3 is 1. The number of hydrazone groups is 1. The highest BCUT2D eigenvalue weighted by Gasteiger charge is 2.15. The van der Waals surface area contributed by atoms with E-state index in [4.69, 9.17) is 4.74 Å². The molecule has 0 bridgehead atoms. The third kappa shape index (κ3) is 4.00. The Balaban J connectivity index is 2.10. The molecule has 0 atom stereocenters. The Morgan fingerprint density at radius 2 is 2.39 bits per heavy atom. The molecule has 0 saturated heterocycles. The quantitative estimate of drug-likeness (QED) is 0.434. The minimum Gasteiger partial charge on any atom is -0.504 e. The predicted octanol–water partition coefficient (Wildman–Crippen LogP) is 0.0508. The Morgan fingerprint density at radius 3 is 3.00 bits per heavy atom. The summed E-state index contributed by atoms with van der Waals surface area (Å²) in [5.41, 5.74) is 1.95. The van der Waals surface area contributed by atoms with Crippen LogP contribution in [0.1, 0.15) is 5.56 Å². The van der Waals surface area contributed by atoms with E-state index in [2.05, 4.69) is 20.6 Å². The first-order valence-electron chi connectivity index (χ1n) is 6.21. The molecule has 1 aromatic heterocycles. The molecule has 0 saturated carbocycles. The summed E-state index contributed by atoms with van der Waals surface area (Å²) in [4.78, 5) is 25.5. The van der Waals surface area contributed by atoms with Crippen molar-refractivity contribution in [3.8, 4) is 11.5 Å². The van der Waals surface area contributed by atoms with Crippen LogP contribution in [0.3, 0.4) is 0 Å². The molecule has 1 amide bonds. The fraction of sp³-hybridized carbons (Fsp3) is 0.167. The average Bonchev–Trinajstić information content (AvgIpc) is 3.01. The molecular formula is C12H12N6O5. The zero-order chi connectivity index (χ0) is 16.8. The van der Waals surface area contributed by atoms with Gasteiger partial charge in [-0.25, -0.2) is 15.1 Å². The molecule has 0 unspecified atom stereocenters. The number of nitrogens with one attached hydrogen (secondary N) is 1. The second kappa shape index (κ2) is 6.98. The van der Waals surface area contributed by atoms with Gasteiger partial charge in [0.15, 0.2) is 11.5 Å². The van der Waals surface area contributed by atoms with Gasteiger partial charge in [0, 0.05) is 11.6 Å². The maximum absolute atomic E-state index is 11.6. The van der Waals surface area contributed by atoms with Gasteiger partial charge in [0.2, 0.25) is 0 Å². The molecule has 120 valence electrons. The van der Waals surface area contributed by atoms with Crippen molar-refractivity contribution in [2.75, 3.05) is 7.11 Å². The second-order valence-corrected chi connectivity index (χ2v) is 4.23. The first kappa shape index (κ1) is 15.9. The van der Waals surface area contributed by atoms with Crippen LogP contribution in [0.15, 0.2) is 29.9 Å². The van der Waals surface area contributed by atoms with Crippen molar-refractivity contribution >= 4 is 17.8 Å². The Morgan fingerprint density at radius 1 is 1.61 bits per heavy atom. The lowest BCUT2D eigenvalue weighted by molar-refractivity contribution is -0.385. The lowest BCUT2D eigenvalue weighted by Crippen LogP contribution is -2.23. The van der Waals surface area contributed by atoms with Crippen molar-refractivity contribution in [1.29, 1.82) is 0 Å². The summed E-state index contributed by atoms with van der Waals surface area (Å²) in [5, 5.41) is 28.1. The van der Waals surface area contributed by atoms with Gasteiger partial charge >= 0.3 is 0 Å². The van der Waals surface area contributed by atoms with E-state index in [0.717, 1.165) is 18.3 Å². The van der Waals surface area contributed by atoms with Crippen LogP contribution in [-0.4, -0.2) is 44.0 Å². The number of phenols is 1. The minimum atomic E-state index is -0.636. The van der Waals surface area contributed by atoms with Crippen molar-refractivity contribution in [3.05, 3.63) is 40.5 Å². The highest BCUT2D eigenvalue weighted by molar-refractivity contribution is 5.87. The predicted molar refractivity (Wildman–Crippen MR) is 77.1 cm³/mol. The summed E-state index contributed by atoms with van der Waals surface area (Å²) in [6.07, 6.45) is 3.72. The smallest absolute Gasteiger partial charge is 0.274 e. The second-order valence-electron chi connectivity index (χ2n) is 4.23. The van der Waals surface area contributed by atoms with Crippen LogP contribution in [0.5, 0.6) is 11.5 Å². The fourth-order valence-electron chi connectivity index (χ4n) is 1.64. The van der Waals surface area contributed by atoms with E-state index in [-0.39, 0.29) is 29.3 Å². The molecule has 11 nitrogen and oxygen atoms in total. The Labute approximate surface area is 129 Å². The van der Waals surface area contributed by atoms with Crippen molar-refractivity contribution in [1.82, 2.24) is 20.2 Å². The number of carbonyl (C=O) groups is 1. The van der Waals surface area contributed by atoms with E-state index in [1.807, 2.05) is 0 Å². The SMILES string of the molecule is COc1cc([N+](=O)[O-])cc(/C=N\NC(=O)Cn2cncn2)c1O. The number of amides is 1. The number of aromatic hydroxyl groups is 1. The van der Waals surface area contributed by atoms with Crippen LogP contribution in [0.2, 0.25) is 0 Å². The molecule has 1 aromatic carbocycles. The van der Waals surface area contributed by atoms with Gasteiger partial charge in [-0.3, -0.25) is 14.9 Å². The van der Waals surface area contributed by atoms with Gasteiger partial charge in [-0.05, 0) is 0 Å². The Kier molecular flexibility index (Phi) is 4.82. The van der Waals surface area contributed by atoms with Crippen molar-refractivity contribution in [2.45, 2.75) is 6.54 Å². The topological polar surface area (TPSA) is 145 Å². The number of hydrogen-bond donors (Lipinski definition) is 2. The van der Waals surface area contributed by atoms with Gasteiger partial charge in [-0.1, -0.05) is 0 Å². The normalized spacial score (nSPS) is 10.7. The maximum atomic E-state index is 11.6. The van der Waals surface area contributed by atoms with E-state index in [1.54, 1.807) is 0 Å². The number of benzene rings is 1. The van der Waals surface area contributed by atoms with Gasteiger partial charge in [0.05, 0.1) is 24.3 Å². The van der Waals surface area contributed by atoms with Gasteiger partial charge in [-0.2, -0.15) is 10.2 Å². The third-order valence-electron chi connectivity index (χ3n) is 2.68. The monoisotopic (exact) mass is 320 g/mol. The van der Waals surface area contributed by atoms with E-state index >= 15 is 0 Å². The molecule has 0 radical (unpaired) electrons. The number of carbonyl (C=O) groups excluding carboxylic acids is 1. The van der Waals surface area contributed by atoms with Crippen LogP contribution in [0, 0.1) is 10.1 Å². The first-order valence-corrected chi connectivity index (χ1v) is 6.21. The van der Waals surface area contributed by atoms with Crippen LogP contribution in [-0.2, 0) is 11.3 Å². The van der Waals surface area contributed by atoms with Gasteiger partial charge < -0.3 is 9.84 Å². The lowest BCUT2D eigenvalue weighted by atomic mass is 10.2. The number of hydrogen-bond acceptors (Lipinski definition) is 8. The molecule has 1 heterocycles. The first-order chi connectivity index (χ1) is 11.0. The number of rotatable bonds is 6. The number of nitro groups is 1. The Bertz CT molecular complexity index is 743. The minimum absolute atomic E-state index is 0.0251. The number of non-ortho nitro benzene ring substituents is 1. The zero-order valence-corrected chi connectivity index (χ0v) is 11.9. The molecule has 2 aromatic rings. The molecular weight excluding hydrogens is 308 g/mol. The number of ether oxygens (including phenoxy) is 1. The molecule has 0 aliphatic carbocycles. The van der Waals surface area contributed by atoms with E-state index in [1.165, 1.54) is 24.4 Å². The van der Waals surface area contributed by atoms with E-state index < -0.39 is 10.8 Å². The van der Waals surface area contributed by atoms with Crippen molar-refractivity contribution < 1.29 is 19.6 Å². The fourth-order valence-corrected chi connectivity index (χ4v) is 1.64. The van der Waals surface area contributed by atoms with Crippen molar-refractivity contribution in [3.63, 3.8) is 0 Å². The Hall–Kier alpha value is -3.50. The highest BCUT2D eigenvalue weighted by atomic mass is 16.6. The average molecular weight is 320 g/mol. The molecule has 2 N–H and O–H groups in total. The van der Waals surface area contributed by atoms with Crippen LogP contribution in [0.25, 0.3) is 0 Å². The van der Waals surface area contributed by atoms with Crippen LogP contribution >= 0.6 is 0 Å². The number of aromatic nitrogens is 3. The number of phenolic OH excluding ortho intramolecular Hbond substituents is 1. The van der Waals surface area contributed by atoms with Crippen molar-refractivity contribution in [2.24, 2.45) is 5.10 Å². The highest BCUT2D eigenvalue weighted by Crippen LogP contribution is 2.33. The van der Waals surface area contributed by atoms with Gasteiger partial charge in [0.1, 0.15) is 19.2 Å². The molecule has 2 rings (SSSR count). The summed E-state index contributed by atoms with van der Waals surface area (Å²) >= 11 is 0. The number of nitro benzene ring substituents is 1. The summed E-state index contributed by atoms with van der Waals surface area (Å²) in [6.45, 7) is -0.0957. The molecule has 23 heavy (non-hydrogen) atoms. The molecule has 0 aliphatic heterocycles. The van der Waals surface area contributed by atoms with Gasteiger partial charge in [-0.15, -0.1) is 0 Å². The van der Waals surface area contributed by atoms with E-state index in [0.29, 0.717) is 0 Å². The summed E-state index contributed by atoms with van der Waals surface area (Å²) in [7, 11) is 1.26. The van der Waals surface area contributed by atoms with Gasteiger partial charge in [0.25, 0.3) is 11.6 Å². The van der Waals surface area contributed by atoms with E-state index in [9.17, 15) is 20.0 Å². The van der Waals surface area contributed by atoms with Crippen LogP contribution in [0.4, 0.5) is 5.69 Å². The largest absolute Gasteiger partial charge is 0.504 e. The molecule has 0 aliphatic rings. The zero-order valence-electron chi connectivity index (χ0n) is 11.9. The van der Waals surface area contributed by atoms with Crippen LogP contribution < -0.4 is 10.2 Å².